The molecule has 2 aromatic carbocycles. The van der Waals surface area contributed by atoms with Crippen molar-refractivity contribution in [1.29, 1.82) is 0 Å². The van der Waals surface area contributed by atoms with Crippen LogP contribution in [0.3, 0.4) is 0 Å². The van der Waals surface area contributed by atoms with Gasteiger partial charge in [0.05, 0.1) is 32.5 Å². The minimum Gasteiger partial charge on any atom is -0.497 e. The molecular formula is C22H26O4. The first-order chi connectivity index (χ1) is 12.7. The van der Waals surface area contributed by atoms with Gasteiger partial charge in [0.15, 0.2) is 6.29 Å². The van der Waals surface area contributed by atoms with Gasteiger partial charge in [0, 0.05) is 0 Å². The molecule has 1 aliphatic rings. The first-order valence-electron chi connectivity index (χ1n) is 8.94. The molecule has 26 heavy (non-hydrogen) atoms. The Labute approximate surface area is 155 Å². The predicted molar refractivity (Wildman–Crippen MR) is 101 cm³/mol. The standard InChI is InChI=1S/C22H26O4/c1-16-20-7-4-5-8-21(20)17(2)26-22(25-16)9-6-14-24-15-18-10-12-19(23-3)13-11-18/h4-13,16-17,22H,14-15H2,1-3H3/b9-6+/t16-,17+,22?. The maximum absolute atomic E-state index is 6.02. The Morgan fingerprint density at radius 1 is 0.923 bits per heavy atom. The lowest BCUT2D eigenvalue weighted by atomic mass is 10.00. The van der Waals surface area contributed by atoms with E-state index in [-0.39, 0.29) is 18.5 Å². The summed E-state index contributed by atoms with van der Waals surface area (Å²) in [7, 11) is 1.66. The fourth-order valence-corrected chi connectivity index (χ4v) is 3.06. The highest BCUT2D eigenvalue weighted by atomic mass is 16.7. The third kappa shape index (κ3) is 4.73. The average Bonchev–Trinajstić information content (AvgIpc) is 2.79. The monoisotopic (exact) mass is 354 g/mol. The van der Waals surface area contributed by atoms with Gasteiger partial charge in [0.2, 0.25) is 0 Å². The van der Waals surface area contributed by atoms with Crippen molar-refractivity contribution >= 4 is 0 Å². The van der Waals surface area contributed by atoms with Crippen molar-refractivity contribution < 1.29 is 18.9 Å². The molecule has 0 aliphatic carbocycles. The summed E-state index contributed by atoms with van der Waals surface area (Å²) in [6.45, 7) is 5.17. The molecule has 0 saturated heterocycles. The number of hydrogen-bond acceptors (Lipinski definition) is 4. The van der Waals surface area contributed by atoms with E-state index in [4.69, 9.17) is 18.9 Å². The van der Waals surface area contributed by atoms with Crippen molar-refractivity contribution in [3.63, 3.8) is 0 Å². The summed E-state index contributed by atoms with van der Waals surface area (Å²) >= 11 is 0. The van der Waals surface area contributed by atoms with Crippen LogP contribution in [0.2, 0.25) is 0 Å². The Morgan fingerprint density at radius 3 is 2.12 bits per heavy atom. The highest BCUT2D eigenvalue weighted by molar-refractivity contribution is 5.31. The van der Waals surface area contributed by atoms with E-state index in [9.17, 15) is 0 Å². The van der Waals surface area contributed by atoms with Gasteiger partial charge in [0.1, 0.15) is 5.75 Å². The molecule has 4 heteroatoms. The summed E-state index contributed by atoms with van der Waals surface area (Å²) in [6.07, 6.45) is 3.48. The molecular weight excluding hydrogens is 328 g/mol. The lowest BCUT2D eigenvalue weighted by molar-refractivity contribution is -0.153. The Kier molecular flexibility index (Phi) is 6.45. The molecule has 0 radical (unpaired) electrons. The van der Waals surface area contributed by atoms with E-state index in [1.54, 1.807) is 7.11 Å². The van der Waals surface area contributed by atoms with Crippen LogP contribution in [0, 0.1) is 0 Å². The van der Waals surface area contributed by atoms with Crippen molar-refractivity contribution in [2.45, 2.75) is 39.0 Å². The molecule has 0 bridgehead atoms. The highest BCUT2D eigenvalue weighted by Crippen LogP contribution is 2.33. The zero-order valence-electron chi connectivity index (χ0n) is 15.6. The van der Waals surface area contributed by atoms with Crippen LogP contribution >= 0.6 is 0 Å². The molecule has 0 saturated carbocycles. The fraction of sp³-hybridized carbons (Fsp3) is 0.364. The minimum atomic E-state index is -0.378. The number of benzene rings is 2. The van der Waals surface area contributed by atoms with Gasteiger partial charge in [-0.05, 0) is 48.7 Å². The first-order valence-corrected chi connectivity index (χ1v) is 8.94. The van der Waals surface area contributed by atoms with Crippen molar-refractivity contribution in [2.24, 2.45) is 0 Å². The second-order valence-electron chi connectivity index (χ2n) is 6.35. The van der Waals surface area contributed by atoms with Crippen LogP contribution in [0.15, 0.2) is 60.7 Å². The zero-order chi connectivity index (χ0) is 18.4. The molecule has 0 amide bonds. The van der Waals surface area contributed by atoms with Gasteiger partial charge >= 0.3 is 0 Å². The van der Waals surface area contributed by atoms with Crippen LogP contribution in [0.1, 0.15) is 42.7 Å². The Hall–Kier alpha value is -2.14. The van der Waals surface area contributed by atoms with Crippen molar-refractivity contribution in [3.8, 4) is 5.75 Å². The van der Waals surface area contributed by atoms with Gasteiger partial charge in [-0.1, -0.05) is 42.5 Å². The van der Waals surface area contributed by atoms with Gasteiger partial charge in [-0.2, -0.15) is 0 Å². The van der Waals surface area contributed by atoms with Crippen LogP contribution in [-0.2, 0) is 20.8 Å². The van der Waals surface area contributed by atoms with Gasteiger partial charge in [-0.25, -0.2) is 0 Å². The van der Waals surface area contributed by atoms with Gasteiger partial charge in [-0.15, -0.1) is 0 Å². The fourth-order valence-electron chi connectivity index (χ4n) is 3.06. The highest BCUT2D eigenvalue weighted by Gasteiger charge is 2.25. The predicted octanol–water partition coefficient (Wildman–Crippen LogP) is 4.96. The van der Waals surface area contributed by atoms with E-state index in [2.05, 4.69) is 26.0 Å². The number of rotatable bonds is 6. The van der Waals surface area contributed by atoms with E-state index >= 15 is 0 Å². The van der Waals surface area contributed by atoms with E-state index in [0.29, 0.717) is 13.2 Å². The third-order valence-electron chi connectivity index (χ3n) is 4.48. The van der Waals surface area contributed by atoms with E-state index in [0.717, 1.165) is 11.3 Å². The summed E-state index contributed by atoms with van der Waals surface area (Å²) in [4.78, 5) is 0. The van der Waals surface area contributed by atoms with Crippen LogP contribution in [0.5, 0.6) is 5.75 Å². The Balaban J connectivity index is 1.49. The number of ether oxygens (including phenoxy) is 4. The van der Waals surface area contributed by atoms with Crippen LogP contribution < -0.4 is 4.74 Å². The SMILES string of the molecule is COc1ccc(COC/C=C/C2O[C@@H](C)c3ccccc3[C@@H](C)O2)cc1. The lowest BCUT2D eigenvalue weighted by Gasteiger charge is -2.17. The van der Waals surface area contributed by atoms with Crippen molar-refractivity contribution in [1.82, 2.24) is 0 Å². The molecule has 1 unspecified atom stereocenters. The topological polar surface area (TPSA) is 36.9 Å². The van der Waals surface area contributed by atoms with Crippen LogP contribution in [0.25, 0.3) is 0 Å². The van der Waals surface area contributed by atoms with E-state index < -0.39 is 0 Å². The maximum atomic E-state index is 6.02. The molecule has 4 nitrogen and oxygen atoms in total. The second-order valence-corrected chi connectivity index (χ2v) is 6.35. The summed E-state index contributed by atoms with van der Waals surface area (Å²) in [6, 6.07) is 16.1. The molecule has 2 aromatic rings. The quantitative estimate of drug-likeness (QED) is 0.542. The molecule has 1 aliphatic heterocycles. The van der Waals surface area contributed by atoms with Crippen LogP contribution in [-0.4, -0.2) is 20.0 Å². The number of fused-ring (bicyclic) bond motifs is 1. The molecule has 3 atom stereocenters. The average molecular weight is 354 g/mol. The summed E-state index contributed by atoms with van der Waals surface area (Å²) in [5.41, 5.74) is 3.48. The third-order valence-corrected chi connectivity index (χ3v) is 4.48. The van der Waals surface area contributed by atoms with Gasteiger partial charge < -0.3 is 18.9 Å². The number of methoxy groups -OCH3 is 1. The Morgan fingerprint density at radius 2 is 1.54 bits per heavy atom. The lowest BCUT2D eigenvalue weighted by Crippen LogP contribution is -2.14. The second kappa shape index (κ2) is 8.99. The molecule has 0 N–H and O–H groups in total. The normalized spacial score (nSPS) is 22.8. The molecule has 3 rings (SSSR count). The summed E-state index contributed by atoms with van der Waals surface area (Å²) in [5.74, 6) is 0.848. The Bertz CT molecular complexity index is 692. The van der Waals surface area contributed by atoms with Crippen molar-refractivity contribution in [2.75, 3.05) is 13.7 Å². The smallest absolute Gasteiger partial charge is 0.178 e. The maximum Gasteiger partial charge on any atom is 0.178 e. The molecule has 0 fully saturated rings. The molecule has 138 valence electrons. The van der Waals surface area contributed by atoms with Gasteiger partial charge in [-0.3, -0.25) is 0 Å². The van der Waals surface area contributed by atoms with E-state index in [1.165, 1.54) is 11.1 Å². The first kappa shape index (κ1) is 18.6. The minimum absolute atomic E-state index is 0.00832. The van der Waals surface area contributed by atoms with Crippen molar-refractivity contribution in [3.05, 3.63) is 77.4 Å². The summed E-state index contributed by atoms with van der Waals surface area (Å²) < 4.78 is 22.9. The molecule has 0 spiro atoms. The van der Waals surface area contributed by atoms with Gasteiger partial charge in [0.25, 0.3) is 0 Å². The largest absolute Gasteiger partial charge is 0.497 e. The number of hydrogen-bond donors (Lipinski definition) is 0. The molecule has 0 aromatic heterocycles. The van der Waals surface area contributed by atoms with E-state index in [1.807, 2.05) is 48.6 Å². The van der Waals surface area contributed by atoms with Crippen LogP contribution in [0.4, 0.5) is 0 Å². The zero-order valence-corrected chi connectivity index (χ0v) is 15.6. The molecule has 1 heterocycles. The summed E-state index contributed by atoms with van der Waals surface area (Å²) in [5, 5.41) is 0.